The monoisotopic (exact) mass is 562 g/mol. The zero-order valence-electron chi connectivity index (χ0n) is 22.3. The number of phenolic OH excluding ortho intramolecular Hbond substituents is 1. The van der Waals surface area contributed by atoms with Crippen molar-refractivity contribution in [2.75, 3.05) is 24.5 Å². The number of aromatic nitrogens is 4. The van der Waals surface area contributed by atoms with E-state index in [0.717, 1.165) is 0 Å². The van der Waals surface area contributed by atoms with Gasteiger partial charge in [-0.3, -0.25) is 9.78 Å². The fraction of sp³-hybridized carbons (Fsp3) is 0.276. The van der Waals surface area contributed by atoms with Crippen LogP contribution in [0.4, 0.5) is 10.2 Å². The number of rotatable bonds is 5. The van der Waals surface area contributed by atoms with Gasteiger partial charge in [-0.1, -0.05) is 38.1 Å². The van der Waals surface area contributed by atoms with Crippen LogP contribution in [0.15, 0.2) is 60.0 Å². The molecule has 1 fully saturated rings. The van der Waals surface area contributed by atoms with Crippen LogP contribution in [0.1, 0.15) is 32.4 Å². The Hall–Kier alpha value is -4.31. The zero-order valence-corrected chi connectivity index (χ0v) is 23.1. The minimum atomic E-state index is -0.710. The van der Waals surface area contributed by atoms with Crippen molar-refractivity contribution in [1.29, 1.82) is 0 Å². The average Bonchev–Trinajstić information content (AvgIpc) is 2.92. The molecule has 40 heavy (non-hydrogen) atoms. The Morgan fingerprint density at radius 2 is 2.00 bits per heavy atom. The van der Waals surface area contributed by atoms with E-state index < -0.39 is 11.5 Å². The maximum Gasteiger partial charge on any atom is 0.355 e. The van der Waals surface area contributed by atoms with Gasteiger partial charge in [-0.25, -0.2) is 18.7 Å². The van der Waals surface area contributed by atoms with Crippen molar-refractivity contribution in [2.45, 2.75) is 32.7 Å². The molecule has 0 bridgehead atoms. The molecule has 206 valence electrons. The lowest BCUT2D eigenvalue weighted by Gasteiger charge is -2.40. The molecule has 4 heterocycles. The highest BCUT2D eigenvalue weighted by Gasteiger charge is 2.30. The molecule has 1 N–H and O–H groups in total. The van der Waals surface area contributed by atoms with E-state index in [1.807, 2.05) is 25.7 Å². The van der Waals surface area contributed by atoms with Crippen LogP contribution in [0.2, 0.25) is 5.02 Å². The standard InChI is InChI=1S/C29H28ClFN6O3/c1-5-23(39)35-12-13-36(17(4)15-35)27-18-14-19(30)26(24-20(31)8-6-10-22(24)38)33-28(18)37(29(40)34-27)21-9-7-11-32-25(21)16(2)3/h5-11,14,16-17,38H,1,12-13,15H2,2-4H3/t17-/m0/s1. The lowest BCUT2D eigenvalue weighted by atomic mass is 10.1. The van der Waals surface area contributed by atoms with Crippen LogP contribution in [0.3, 0.4) is 0 Å². The third kappa shape index (κ3) is 4.68. The molecular weight excluding hydrogens is 535 g/mol. The van der Waals surface area contributed by atoms with Crippen LogP contribution in [0.5, 0.6) is 5.75 Å². The van der Waals surface area contributed by atoms with Gasteiger partial charge in [-0.05, 0) is 49.2 Å². The lowest BCUT2D eigenvalue weighted by molar-refractivity contribution is -0.126. The number of hydrogen-bond acceptors (Lipinski definition) is 7. The fourth-order valence-electron chi connectivity index (χ4n) is 5.11. The molecule has 1 amide bonds. The maximum atomic E-state index is 14.9. The van der Waals surface area contributed by atoms with E-state index in [2.05, 4.69) is 16.5 Å². The number of nitrogens with zero attached hydrogens (tertiary/aromatic N) is 6. The van der Waals surface area contributed by atoms with Crippen molar-refractivity contribution in [2.24, 2.45) is 0 Å². The Kier molecular flexibility index (Phi) is 7.29. The van der Waals surface area contributed by atoms with Crippen LogP contribution in [0.25, 0.3) is 28.0 Å². The summed E-state index contributed by atoms with van der Waals surface area (Å²) in [6.07, 6.45) is 2.92. The van der Waals surface area contributed by atoms with Crippen LogP contribution >= 0.6 is 11.6 Å². The minimum absolute atomic E-state index is 0.0144. The van der Waals surface area contributed by atoms with Gasteiger partial charge in [0.15, 0.2) is 5.65 Å². The molecule has 1 aromatic carbocycles. The first-order valence-electron chi connectivity index (χ1n) is 12.9. The maximum absolute atomic E-state index is 14.9. The van der Waals surface area contributed by atoms with Crippen molar-refractivity contribution in [3.63, 3.8) is 0 Å². The molecule has 0 radical (unpaired) electrons. The molecule has 9 nitrogen and oxygen atoms in total. The number of benzene rings is 1. The van der Waals surface area contributed by atoms with Gasteiger partial charge >= 0.3 is 5.69 Å². The van der Waals surface area contributed by atoms with Crippen molar-refractivity contribution in [3.8, 4) is 22.7 Å². The van der Waals surface area contributed by atoms with Gasteiger partial charge in [0.05, 0.1) is 33.0 Å². The summed E-state index contributed by atoms with van der Waals surface area (Å²) in [4.78, 5) is 43.3. The van der Waals surface area contributed by atoms with E-state index in [-0.39, 0.29) is 45.5 Å². The quantitative estimate of drug-likeness (QED) is 0.352. The molecule has 1 aliphatic heterocycles. The number of aromatic hydroxyl groups is 1. The summed E-state index contributed by atoms with van der Waals surface area (Å²) in [5.41, 5.74) is 0.528. The molecule has 1 aliphatic rings. The summed E-state index contributed by atoms with van der Waals surface area (Å²) in [7, 11) is 0. The summed E-state index contributed by atoms with van der Waals surface area (Å²) in [6, 6.07) is 8.78. The topological polar surface area (TPSA) is 104 Å². The Labute approximate surface area is 235 Å². The van der Waals surface area contributed by atoms with Gasteiger partial charge in [0, 0.05) is 31.9 Å². The summed E-state index contributed by atoms with van der Waals surface area (Å²) < 4.78 is 16.3. The molecule has 0 spiro atoms. The number of pyridine rings is 2. The third-order valence-corrected chi connectivity index (χ3v) is 7.31. The van der Waals surface area contributed by atoms with E-state index >= 15 is 0 Å². The Bertz CT molecular complexity index is 1690. The molecular formula is C29H28ClFN6O3. The lowest BCUT2D eigenvalue weighted by Crippen LogP contribution is -2.54. The van der Waals surface area contributed by atoms with Gasteiger partial charge < -0.3 is 14.9 Å². The second-order valence-corrected chi connectivity index (χ2v) is 10.4. The molecule has 0 saturated carbocycles. The van der Waals surface area contributed by atoms with Crippen LogP contribution in [-0.2, 0) is 4.79 Å². The first kappa shape index (κ1) is 27.3. The number of hydrogen-bond donors (Lipinski definition) is 1. The number of anilines is 1. The van der Waals surface area contributed by atoms with Crippen molar-refractivity contribution < 1.29 is 14.3 Å². The summed E-state index contributed by atoms with van der Waals surface area (Å²) in [5, 5.41) is 11.0. The van der Waals surface area contributed by atoms with E-state index in [0.29, 0.717) is 42.2 Å². The highest BCUT2D eigenvalue weighted by molar-refractivity contribution is 6.34. The number of carbonyl (C=O) groups is 1. The van der Waals surface area contributed by atoms with Crippen LogP contribution < -0.4 is 10.6 Å². The highest BCUT2D eigenvalue weighted by atomic mass is 35.5. The van der Waals surface area contributed by atoms with Gasteiger partial charge in [0.25, 0.3) is 0 Å². The van der Waals surface area contributed by atoms with Crippen LogP contribution in [0, 0.1) is 5.82 Å². The summed E-state index contributed by atoms with van der Waals surface area (Å²) in [5.74, 6) is -0.897. The molecule has 11 heteroatoms. The Balaban J connectivity index is 1.80. The van der Waals surface area contributed by atoms with Gasteiger partial charge in [0.1, 0.15) is 17.4 Å². The Morgan fingerprint density at radius 3 is 2.67 bits per heavy atom. The summed E-state index contributed by atoms with van der Waals surface area (Å²) >= 11 is 6.68. The van der Waals surface area contributed by atoms with E-state index in [1.54, 1.807) is 29.3 Å². The number of fused-ring (bicyclic) bond motifs is 1. The van der Waals surface area contributed by atoms with Gasteiger partial charge in [-0.15, -0.1) is 0 Å². The molecule has 3 aromatic heterocycles. The molecule has 0 unspecified atom stereocenters. The van der Waals surface area contributed by atoms with E-state index in [1.165, 1.54) is 28.8 Å². The average molecular weight is 563 g/mol. The normalized spacial score (nSPS) is 15.6. The van der Waals surface area contributed by atoms with Crippen molar-refractivity contribution >= 4 is 34.4 Å². The van der Waals surface area contributed by atoms with Crippen LogP contribution in [-0.4, -0.2) is 61.1 Å². The first-order chi connectivity index (χ1) is 19.1. The molecule has 0 aliphatic carbocycles. The third-order valence-electron chi connectivity index (χ3n) is 7.02. The second kappa shape index (κ2) is 10.7. The number of halogens is 2. The molecule has 5 rings (SSSR count). The molecule has 4 aromatic rings. The van der Waals surface area contributed by atoms with Crippen molar-refractivity contribution in [1.82, 2.24) is 24.4 Å². The van der Waals surface area contributed by atoms with Gasteiger partial charge in [-0.2, -0.15) is 4.98 Å². The highest BCUT2D eigenvalue weighted by Crippen LogP contribution is 2.38. The minimum Gasteiger partial charge on any atom is -0.507 e. The Morgan fingerprint density at radius 1 is 1.23 bits per heavy atom. The fourth-order valence-corrected chi connectivity index (χ4v) is 5.35. The predicted octanol–water partition coefficient (Wildman–Crippen LogP) is 4.69. The number of carbonyl (C=O) groups excluding carboxylic acids is 1. The number of piperazine rings is 1. The van der Waals surface area contributed by atoms with E-state index in [4.69, 9.17) is 16.6 Å². The number of phenols is 1. The second-order valence-electron chi connectivity index (χ2n) is 9.97. The molecule has 1 saturated heterocycles. The van der Waals surface area contributed by atoms with Gasteiger partial charge in [0.2, 0.25) is 5.91 Å². The largest absolute Gasteiger partial charge is 0.507 e. The number of amides is 1. The zero-order chi connectivity index (χ0) is 28.7. The van der Waals surface area contributed by atoms with E-state index in [9.17, 15) is 19.1 Å². The smallest absolute Gasteiger partial charge is 0.355 e. The van der Waals surface area contributed by atoms with Crippen molar-refractivity contribution in [3.05, 3.63) is 82.3 Å². The summed E-state index contributed by atoms with van der Waals surface area (Å²) in [6.45, 7) is 10.6. The molecule has 1 atom stereocenters. The predicted molar refractivity (Wildman–Crippen MR) is 153 cm³/mol. The SMILES string of the molecule is C=CC(=O)N1CCN(c2nc(=O)n(-c3cccnc3C(C)C)c3nc(-c4c(O)cccc4F)c(Cl)cc23)[C@@H](C)C1. The first-order valence-corrected chi connectivity index (χ1v) is 13.2.